The second-order valence-corrected chi connectivity index (χ2v) is 22.0. The van der Waals surface area contributed by atoms with Crippen LogP contribution in [-0.2, 0) is 23.4 Å². The van der Waals surface area contributed by atoms with Crippen LogP contribution in [0.2, 0.25) is 16.6 Å². The highest BCUT2D eigenvalue weighted by atomic mass is 28.4. The molecule has 0 aromatic carbocycles. The average molecular weight is 594 g/mol. The Bertz CT molecular complexity index is 1160. The van der Waals surface area contributed by atoms with Crippen LogP contribution in [0.25, 0.3) is 11.2 Å². The SMILES string of the molecule is CC(C)[Si](OCO[C@H]1[C@H](n2cnc3c(N)ncnc32)O[C@@]2([SiH2]C2OC(C)(C)C)[C@H]1OC(C)(C)C)(C(C)C)C(C)C. The molecule has 12 heteroatoms. The maximum Gasteiger partial charge on any atom is 0.203 e. The zero-order valence-corrected chi connectivity index (χ0v) is 28.9. The van der Waals surface area contributed by atoms with Gasteiger partial charge in [0.05, 0.1) is 23.3 Å². The monoisotopic (exact) mass is 593 g/mol. The molecule has 5 atom stereocenters. The summed E-state index contributed by atoms with van der Waals surface area (Å²) < 4.78 is 35.8. The Morgan fingerprint density at radius 2 is 1.57 bits per heavy atom. The van der Waals surface area contributed by atoms with Crippen LogP contribution in [0.1, 0.15) is 89.3 Å². The van der Waals surface area contributed by atoms with E-state index in [9.17, 15) is 0 Å². The van der Waals surface area contributed by atoms with Gasteiger partial charge < -0.3 is 29.1 Å². The average Bonchev–Trinajstić information content (AvgIpc) is 3.15. The lowest BCUT2D eigenvalue weighted by Crippen LogP contribution is -2.49. The van der Waals surface area contributed by atoms with E-state index in [1.54, 1.807) is 6.33 Å². The standard InChI is InChI=1S/C28H51N5O5Si2/c1-16(2)40(17(3)4,18(5)6)35-15-34-20-21(36-26(7,8)9)28(25(39-28)38-27(10,11)12)37-24(20)33-14-32-19-22(29)30-13-31-23(19)33/h13-14,16-18,20-21,24-25H,15,39H2,1-12H3,(H2,29,30,31)/t20-,21+,24-,25?,28-/m1/s1. The molecule has 2 aromatic heterocycles. The van der Waals surface area contributed by atoms with Gasteiger partial charge in [-0.15, -0.1) is 0 Å². The molecular weight excluding hydrogens is 543 g/mol. The second-order valence-electron chi connectivity index (χ2n) is 14.3. The number of nitrogens with two attached hydrogens (primary N) is 1. The van der Waals surface area contributed by atoms with E-state index in [1.165, 1.54) is 6.33 Å². The smallest absolute Gasteiger partial charge is 0.203 e. The van der Waals surface area contributed by atoms with Crippen molar-refractivity contribution >= 4 is 34.8 Å². The number of nitrogen functional groups attached to an aromatic ring is 1. The normalized spacial score (nSPS) is 28.3. The molecule has 0 bridgehead atoms. The minimum atomic E-state index is -2.15. The van der Waals surface area contributed by atoms with Gasteiger partial charge in [-0.1, -0.05) is 41.5 Å². The minimum absolute atomic E-state index is 0.00167. The Morgan fingerprint density at radius 3 is 2.12 bits per heavy atom. The van der Waals surface area contributed by atoms with Crippen molar-refractivity contribution in [1.82, 2.24) is 19.5 Å². The molecule has 4 rings (SSSR count). The Hall–Kier alpha value is -1.42. The molecule has 2 fully saturated rings. The maximum atomic E-state index is 6.97. The number of imidazole rings is 1. The molecule has 0 amide bonds. The summed E-state index contributed by atoms with van der Waals surface area (Å²) >= 11 is 0. The van der Waals surface area contributed by atoms with E-state index in [0.29, 0.717) is 33.6 Å². The van der Waals surface area contributed by atoms with Crippen molar-refractivity contribution < 1.29 is 23.4 Å². The molecule has 0 radical (unpaired) electrons. The fourth-order valence-corrected chi connectivity index (χ4v) is 14.3. The molecule has 2 aliphatic rings. The van der Waals surface area contributed by atoms with Gasteiger partial charge >= 0.3 is 0 Å². The third kappa shape index (κ3) is 5.90. The quantitative estimate of drug-likeness (QED) is 0.310. The van der Waals surface area contributed by atoms with Gasteiger partial charge in [0.25, 0.3) is 0 Å². The first-order valence-corrected chi connectivity index (χ1v) is 18.3. The molecule has 226 valence electrons. The van der Waals surface area contributed by atoms with Gasteiger partial charge in [0.1, 0.15) is 45.6 Å². The van der Waals surface area contributed by atoms with Crippen LogP contribution in [0.15, 0.2) is 12.7 Å². The fraction of sp³-hybridized carbons (Fsp3) is 0.821. The number of fused-ring (bicyclic) bond motifs is 1. The zero-order valence-electron chi connectivity index (χ0n) is 26.5. The van der Waals surface area contributed by atoms with Gasteiger partial charge in [-0.3, -0.25) is 4.57 Å². The number of rotatable bonds is 10. The van der Waals surface area contributed by atoms with Crippen molar-refractivity contribution in [2.24, 2.45) is 0 Å². The summed E-state index contributed by atoms with van der Waals surface area (Å²) in [6.07, 6.45) is 1.82. The van der Waals surface area contributed by atoms with E-state index in [-0.39, 0.29) is 24.2 Å². The summed E-state index contributed by atoms with van der Waals surface area (Å²) in [6, 6.07) is 0. The highest BCUT2D eigenvalue weighted by Crippen LogP contribution is 2.53. The van der Waals surface area contributed by atoms with Gasteiger partial charge in [0, 0.05) is 0 Å². The summed E-state index contributed by atoms with van der Waals surface area (Å²) in [5.41, 5.74) is 7.88. The first-order valence-electron chi connectivity index (χ1n) is 14.6. The summed E-state index contributed by atoms with van der Waals surface area (Å²) in [7, 11) is -2.97. The van der Waals surface area contributed by atoms with E-state index in [2.05, 4.69) is 98.0 Å². The molecule has 10 nitrogen and oxygen atoms in total. The van der Waals surface area contributed by atoms with E-state index < -0.39 is 41.0 Å². The lowest BCUT2D eigenvalue weighted by molar-refractivity contribution is -0.158. The summed E-state index contributed by atoms with van der Waals surface area (Å²) in [4.78, 5) is 13.1. The minimum Gasteiger partial charge on any atom is -0.394 e. The Kier molecular flexibility index (Phi) is 8.68. The van der Waals surface area contributed by atoms with Crippen molar-refractivity contribution in [1.29, 1.82) is 0 Å². The molecular formula is C28H51N5O5Si2. The summed E-state index contributed by atoms with van der Waals surface area (Å²) in [5, 5.41) is -0.534. The van der Waals surface area contributed by atoms with Gasteiger partial charge in [0.2, 0.25) is 8.32 Å². The maximum absolute atomic E-state index is 6.97. The predicted molar refractivity (Wildman–Crippen MR) is 162 cm³/mol. The van der Waals surface area contributed by atoms with Crippen LogP contribution in [-0.4, -0.2) is 78.5 Å². The van der Waals surface area contributed by atoms with Crippen LogP contribution in [0.3, 0.4) is 0 Å². The number of nitrogens with zero attached hydrogens (tertiary/aromatic N) is 4. The summed E-state index contributed by atoms with van der Waals surface area (Å²) in [6.45, 7) is 26.3. The highest BCUT2D eigenvalue weighted by molar-refractivity contribution is 6.77. The Labute approximate surface area is 243 Å². The van der Waals surface area contributed by atoms with Gasteiger partial charge in [-0.25, -0.2) is 15.0 Å². The third-order valence-corrected chi connectivity index (χ3v) is 16.5. The topological polar surface area (TPSA) is 116 Å². The van der Waals surface area contributed by atoms with Crippen molar-refractivity contribution in [2.45, 2.75) is 140 Å². The molecule has 1 spiro atoms. The zero-order chi connectivity index (χ0) is 29.8. The van der Waals surface area contributed by atoms with Crippen molar-refractivity contribution in [3.8, 4) is 0 Å². The van der Waals surface area contributed by atoms with Crippen LogP contribution < -0.4 is 5.73 Å². The number of hydrogen-bond acceptors (Lipinski definition) is 9. The Balaban J connectivity index is 1.73. The summed E-state index contributed by atoms with van der Waals surface area (Å²) in [5.74, 6) is 0.330. The first-order chi connectivity index (χ1) is 18.4. The number of aromatic nitrogens is 4. The third-order valence-electron chi connectivity index (χ3n) is 8.20. The molecule has 2 N–H and O–H groups in total. The molecule has 4 heterocycles. The van der Waals surface area contributed by atoms with Gasteiger partial charge in [0.15, 0.2) is 17.7 Å². The van der Waals surface area contributed by atoms with Crippen LogP contribution in [0, 0.1) is 0 Å². The van der Waals surface area contributed by atoms with Crippen molar-refractivity contribution in [3.63, 3.8) is 0 Å². The lowest BCUT2D eigenvalue weighted by Gasteiger charge is -2.42. The van der Waals surface area contributed by atoms with Crippen molar-refractivity contribution in [2.75, 3.05) is 12.5 Å². The molecule has 2 saturated heterocycles. The largest absolute Gasteiger partial charge is 0.394 e. The fourth-order valence-electron chi connectivity index (χ4n) is 6.71. The highest BCUT2D eigenvalue weighted by Gasteiger charge is 2.72. The van der Waals surface area contributed by atoms with Crippen LogP contribution in [0.4, 0.5) is 5.82 Å². The molecule has 40 heavy (non-hydrogen) atoms. The van der Waals surface area contributed by atoms with E-state index >= 15 is 0 Å². The van der Waals surface area contributed by atoms with Gasteiger partial charge in [-0.2, -0.15) is 0 Å². The molecule has 2 aromatic rings. The molecule has 2 aliphatic heterocycles. The number of hydrogen-bond donors (Lipinski definition) is 1. The number of anilines is 1. The lowest BCUT2D eigenvalue weighted by atomic mass is 10.1. The van der Waals surface area contributed by atoms with Crippen LogP contribution >= 0.6 is 0 Å². The predicted octanol–water partition coefficient (Wildman–Crippen LogP) is 4.68. The van der Waals surface area contributed by atoms with E-state index in [4.69, 9.17) is 29.1 Å². The molecule has 1 unspecified atom stereocenters. The van der Waals surface area contributed by atoms with Gasteiger partial charge in [-0.05, 0) is 58.2 Å². The molecule has 0 aliphatic carbocycles. The number of ether oxygens (including phenoxy) is 4. The van der Waals surface area contributed by atoms with E-state index in [0.717, 1.165) is 0 Å². The Morgan fingerprint density at radius 1 is 0.975 bits per heavy atom. The van der Waals surface area contributed by atoms with E-state index in [1.807, 2.05) is 4.57 Å². The molecule has 0 saturated carbocycles. The second kappa shape index (κ2) is 11.0. The first kappa shape index (κ1) is 31.5. The van der Waals surface area contributed by atoms with Crippen molar-refractivity contribution in [3.05, 3.63) is 12.7 Å². The van der Waals surface area contributed by atoms with Crippen LogP contribution in [0.5, 0.6) is 0 Å².